The summed E-state index contributed by atoms with van der Waals surface area (Å²) in [4.78, 5) is 24.3. The first-order chi connectivity index (χ1) is 8.63. The second-order valence-electron chi connectivity index (χ2n) is 4.51. The van der Waals surface area contributed by atoms with Crippen LogP contribution in [0.4, 0.5) is 0 Å². The molecule has 0 aromatic carbocycles. The first-order valence-corrected chi connectivity index (χ1v) is 6.58. The smallest absolute Gasteiger partial charge is 0.323 e. The van der Waals surface area contributed by atoms with Crippen LogP contribution in [0, 0.1) is 11.3 Å². The lowest BCUT2D eigenvalue weighted by atomic mass is 9.76. The summed E-state index contributed by atoms with van der Waals surface area (Å²) in [7, 11) is 0. The van der Waals surface area contributed by atoms with Crippen molar-refractivity contribution in [3.05, 3.63) is 0 Å². The number of hydrogen-bond donors (Lipinski definition) is 1. The number of rotatable bonds is 6. The molecule has 1 N–H and O–H groups in total. The maximum Gasteiger partial charge on any atom is 0.323 e. The Morgan fingerprint density at radius 2 is 1.78 bits per heavy atom. The Morgan fingerprint density at radius 1 is 1.22 bits per heavy atom. The minimum atomic E-state index is -1.20. The molecule has 104 valence electrons. The van der Waals surface area contributed by atoms with Crippen LogP contribution in [0.2, 0.25) is 0 Å². The molecule has 1 aliphatic rings. The second-order valence-corrected chi connectivity index (χ2v) is 4.51. The van der Waals surface area contributed by atoms with E-state index in [1.807, 2.05) is 0 Å². The van der Waals surface area contributed by atoms with E-state index in [-0.39, 0.29) is 25.7 Å². The summed E-state index contributed by atoms with van der Waals surface area (Å²) in [5.74, 6) is -1.18. The van der Waals surface area contributed by atoms with E-state index in [9.17, 15) is 9.59 Å². The quantitative estimate of drug-likeness (QED) is 0.574. The molecule has 1 aliphatic carbocycles. The Hall–Kier alpha value is -1.10. The predicted molar refractivity (Wildman–Crippen MR) is 64.7 cm³/mol. The van der Waals surface area contributed by atoms with Crippen LogP contribution < -0.4 is 0 Å². The molecule has 1 fully saturated rings. The fourth-order valence-corrected chi connectivity index (χ4v) is 2.76. The van der Waals surface area contributed by atoms with Gasteiger partial charge in [-0.25, -0.2) is 0 Å². The van der Waals surface area contributed by atoms with E-state index in [2.05, 4.69) is 0 Å². The molecule has 5 heteroatoms. The number of carbonyl (C=O) groups is 2. The van der Waals surface area contributed by atoms with Gasteiger partial charge in [-0.2, -0.15) is 0 Å². The van der Waals surface area contributed by atoms with Crippen LogP contribution in [0.3, 0.4) is 0 Å². The lowest BCUT2D eigenvalue weighted by Gasteiger charge is -2.30. The first kappa shape index (κ1) is 15.0. The lowest BCUT2D eigenvalue weighted by Crippen LogP contribution is -2.45. The average Bonchev–Trinajstić information content (AvgIpc) is 2.75. The van der Waals surface area contributed by atoms with Gasteiger partial charge < -0.3 is 14.6 Å². The molecule has 0 amide bonds. The van der Waals surface area contributed by atoms with E-state index in [1.54, 1.807) is 13.8 Å². The molecule has 0 heterocycles. The third-order valence-corrected chi connectivity index (χ3v) is 3.58. The molecule has 0 saturated heterocycles. The van der Waals surface area contributed by atoms with Crippen LogP contribution in [-0.2, 0) is 19.1 Å². The molecule has 0 aliphatic heterocycles. The van der Waals surface area contributed by atoms with Crippen molar-refractivity contribution in [2.45, 2.75) is 39.5 Å². The first-order valence-electron chi connectivity index (χ1n) is 6.58. The van der Waals surface area contributed by atoms with Gasteiger partial charge in [0.15, 0.2) is 5.41 Å². The van der Waals surface area contributed by atoms with Gasteiger partial charge in [-0.15, -0.1) is 0 Å². The predicted octanol–water partition coefficient (Wildman–Crippen LogP) is 1.28. The maximum atomic E-state index is 12.2. The van der Waals surface area contributed by atoms with Crippen molar-refractivity contribution in [3.63, 3.8) is 0 Å². The molecule has 1 atom stereocenters. The number of aliphatic hydroxyl groups is 1. The van der Waals surface area contributed by atoms with Crippen molar-refractivity contribution in [1.29, 1.82) is 0 Å². The highest BCUT2D eigenvalue weighted by Gasteiger charge is 2.56. The third kappa shape index (κ3) is 2.66. The fraction of sp³-hybridized carbons (Fsp3) is 0.846. The molecule has 0 aromatic rings. The molecule has 0 unspecified atom stereocenters. The van der Waals surface area contributed by atoms with Gasteiger partial charge in [-0.05, 0) is 39.0 Å². The van der Waals surface area contributed by atoms with Crippen molar-refractivity contribution < 1.29 is 24.2 Å². The molecular formula is C13H22O5. The van der Waals surface area contributed by atoms with E-state index in [0.29, 0.717) is 12.8 Å². The minimum Gasteiger partial charge on any atom is -0.465 e. The number of hydrogen-bond acceptors (Lipinski definition) is 5. The van der Waals surface area contributed by atoms with Crippen molar-refractivity contribution in [2.75, 3.05) is 19.8 Å². The maximum absolute atomic E-state index is 12.2. The molecule has 0 spiro atoms. The standard InChI is InChI=1S/C13H22O5/c1-3-17-11(15)13(12(16)18-4-2)8-5-6-10(13)7-9-14/h10,14H,3-9H2,1-2H3/t10-/m1/s1. The van der Waals surface area contributed by atoms with Crippen LogP contribution in [0.25, 0.3) is 0 Å². The molecule has 5 nitrogen and oxygen atoms in total. The van der Waals surface area contributed by atoms with Crippen molar-refractivity contribution >= 4 is 11.9 Å². The summed E-state index contributed by atoms with van der Waals surface area (Å²) in [5, 5.41) is 9.08. The molecule has 1 rings (SSSR count). The Kier molecular flexibility index (Phi) is 5.59. The highest BCUT2D eigenvalue weighted by molar-refractivity contribution is 6.00. The highest BCUT2D eigenvalue weighted by atomic mass is 16.6. The van der Waals surface area contributed by atoms with E-state index in [1.165, 1.54) is 0 Å². The summed E-state index contributed by atoms with van der Waals surface area (Å²) in [5.41, 5.74) is -1.20. The SMILES string of the molecule is CCOC(=O)C1(C(=O)OCC)CCC[C@@H]1CCO. The fourth-order valence-electron chi connectivity index (χ4n) is 2.76. The average molecular weight is 258 g/mol. The summed E-state index contributed by atoms with van der Waals surface area (Å²) < 4.78 is 10.1. The number of aliphatic hydroxyl groups excluding tert-OH is 1. The van der Waals surface area contributed by atoms with Crippen LogP contribution in [-0.4, -0.2) is 36.9 Å². The lowest BCUT2D eigenvalue weighted by molar-refractivity contribution is -0.175. The molecule has 0 aromatic heterocycles. The van der Waals surface area contributed by atoms with Crippen LogP contribution in [0.1, 0.15) is 39.5 Å². The summed E-state index contributed by atoms with van der Waals surface area (Å²) >= 11 is 0. The third-order valence-electron chi connectivity index (χ3n) is 3.58. The monoisotopic (exact) mass is 258 g/mol. The topological polar surface area (TPSA) is 72.8 Å². The van der Waals surface area contributed by atoms with Gasteiger partial charge in [0.2, 0.25) is 0 Å². The minimum absolute atomic E-state index is 0.0365. The van der Waals surface area contributed by atoms with Crippen molar-refractivity contribution in [2.24, 2.45) is 11.3 Å². The Balaban J connectivity index is 2.99. The van der Waals surface area contributed by atoms with Crippen LogP contribution >= 0.6 is 0 Å². The van der Waals surface area contributed by atoms with Crippen LogP contribution in [0.15, 0.2) is 0 Å². The Morgan fingerprint density at radius 3 is 2.22 bits per heavy atom. The van der Waals surface area contributed by atoms with Gasteiger partial charge in [0.1, 0.15) is 0 Å². The zero-order chi connectivity index (χ0) is 13.6. The van der Waals surface area contributed by atoms with Crippen LogP contribution in [0.5, 0.6) is 0 Å². The zero-order valence-electron chi connectivity index (χ0n) is 11.1. The Labute approximate surface area is 107 Å². The molecule has 0 bridgehead atoms. The van der Waals surface area contributed by atoms with Gasteiger partial charge in [0, 0.05) is 6.61 Å². The summed E-state index contributed by atoms with van der Waals surface area (Å²) in [6, 6.07) is 0. The normalized spacial score (nSPS) is 21.6. The summed E-state index contributed by atoms with van der Waals surface area (Å²) in [6.45, 7) is 3.88. The number of carbonyl (C=O) groups excluding carboxylic acids is 2. The van der Waals surface area contributed by atoms with Gasteiger partial charge in [0.25, 0.3) is 0 Å². The molecule has 1 saturated carbocycles. The highest BCUT2D eigenvalue weighted by Crippen LogP contribution is 2.47. The van der Waals surface area contributed by atoms with E-state index < -0.39 is 17.4 Å². The summed E-state index contributed by atoms with van der Waals surface area (Å²) in [6.07, 6.45) is 2.41. The van der Waals surface area contributed by atoms with Gasteiger partial charge in [-0.3, -0.25) is 9.59 Å². The van der Waals surface area contributed by atoms with Crippen molar-refractivity contribution in [1.82, 2.24) is 0 Å². The number of esters is 2. The molecule has 0 radical (unpaired) electrons. The van der Waals surface area contributed by atoms with E-state index in [4.69, 9.17) is 14.6 Å². The molecule has 18 heavy (non-hydrogen) atoms. The van der Waals surface area contributed by atoms with E-state index >= 15 is 0 Å². The van der Waals surface area contributed by atoms with Crippen molar-refractivity contribution in [3.8, 4) is 0 Å². The second kappa shape index (κ2) is 6.73. The molecular weight excluding hydrogens is 236 g/mol. The zero-order valence-corrected chi connectivity index (χ0v) is 11.1. The Bertz CT molecular complexity index is 282. The number of ether oxygens (including phenoxy) is 2. The largest absolute Gasteiger partial charge is 0.465 e. The van der Waals surface area contributed by atoms with Gasteiger partial charge in [0.05, 0.1) is 13.2 Å². The van der Waals surface area contributed by atoms with Gasteiger partial charge in [-0.1, -0.05) is 6.42 Å². The van der Waals surface area contributed by atoms with Gasteiger partial charge >= 0.3 is 11.9 Å². The van der Waals surface area contributed by atoms with E-state index in [0.717, 1.165) is 12.8 Å².